The van der Waals surface area contributed by atoms with Gasteiger partial charge in [-0.2, -0.15) is 20.3 Å². The van der Waals surface area contributed by atoms with Gasteiger partial charge in [0.15, 0.2) is 28.6 Å². The minimum absolute atomic E-state index is 0.0214. The van der Waals surface area contributed by atoms with Gasteiger partial charge in [-0.1, -0.05) is 23.4 Å². The molecule has 2 aromatic carbocycles. The maximum absolute atomic E-state index is 13.6. The van der Waals surface area contributed by atoms with Crippen molar-refractivity contribution < 1.29 is 70.6 Å². The maximum atomic E-state index is 13.6. The molecule has 0 bridgehead atoms. The highest BCUT2D eigenvalue weighted by Gasteiger charge is 2.31. The number of aromatic nitrogens is 7. The minimum atomic E-state index is -2.26. The van der Waals surface area contributed by atoms with Gasteiger partial charge in [0.1, 0.15) is 23.1 Å². The van der Waals surface area contributed by atoms with Crippen LogP contribution in [-0.2, 0) is 73.3 Å². The lowest BCUT2D eigenvalue weighted by Crippen LogP contribution is -2.29. The Morgan fingerprint density at radius 3 is 2.10 bits per heavy atom. The van der Waals surface area contributed by atoms with Crippen LogP contribution in [0.3, 0.4) is 0 Å². The van der Waals surface area contributed by atoms with Crippen LogP contribution < -0.4 is 4.90 Å². The number of benzene rings is 2. The normalized spacial score (nSPS) is 15.2. The molecule has 3 aromatic heterocycles. The SMILES string of the molecule is N#Cc1ccc(CN(CCOCCOCCOCCOCc2cn(CCOCCOCCOCCOCCc3ccc(F)cc3F)nn2)c2nc(Cl)nc3c2cnn3C2CCC(COP(O)CP(O)O)O2)cc1. The summed E-state index contributed by atoms with van der Waals surface area (Å²) in [6.45, 7) is 7.52. The van der Waals surface area contributed by atoms with E-state index in [0.29, 0.717) is 178 Å². The van der Waals surface area contributed by atoms with Crippen molar-refractivity contribution in [3.8, 4) is 6.07 Å². The number of nitrogens with zero attached hydrogens (tertiary/aromatic N) is 9. The lowest BCUT2D eigenvalue weighted by Gasteiger charge is -2.25. The van der Waals surface area contributed by atoms with E-state index < -0.39 is 34.6 Å². The fourth-order valence-electron chi connectivity index (χ4n) is 7.16. The monoisotopic (exact) mass is 1080 g/mol. The highest BCUT2D eigenvalue weighted by atomic mass is 35.5. The van der Waals surface area contributed by atoms with Gasteiger partial charge in [0, 0.05) is 19.2 Å². The van der Waals surface area contributed by atoms with Gasteiger partial charge in [-0.3, -0.25) is 0 Å². The molecule has 400 valence electrons. The summed E-state index contributed by atoms with van der Waals surface area (Å²) in [4.78, 5) is 39.4. The van der Waals surface area contributed by atoms with E-state index in [1.54, 1.807) is 33.9 Å². The highest BCUT2D eigenvalue weighted by Crippen LogP contribution is 2.44. The number of nitriles is 1. The Morgan fingerprint density at radius 1 is 0.795 bits per heavy atom. The van der Waals surface area contributed by atoms with Crippen LogP contribution in [0.4, 0.5) is 14.6 Å². The molecule has 5 aromatic rings. The standard InChI is InChI=1S/C46H62ClF2N9O13P2/c47-46-52-44(41-29-51-58(45(41)53-46)43-8-7-40(71-43)33-70-73(61)34-72(59)60)56(30-36-3-1-35(28-50)2-4-36)10-13-63-16-19-66-23-24-68-25-26-69-32-39-31-57(55-54-39)11-14-64-17-20-67-22-21-65-18-15-62-12-9-37-5-6-38(48)27-42(37)49/h1-6,27,29,31,40,43,59-61H,7-26,30,32-34H2. The Kier molecular flexibility index (Phi) is 26.3. The van der Waals surface area contributed by atoms with Gasteiger partial charge in [0.25, 0.3) is 0 Å². The van der Waals surface area contributed by atoms with Gasteiger partial charge < -0.3 is 66.7 Å². The van der Waals surface area contributed by atoms with Crippen LogP contribution >= 0.6 is 28.4 Å². The average Bonchev–Trinajstić information content (AvgIpc) is 4.15. The molecule has 1 fully saturated rings. The Morgan fingerprint density at radius 2 is 1.44 bits per heavy atom. The van der Waals surface area contributed by atoms with E-state index in [4.69, 9.17) is 68.5 Å². The third kappa shape index (κ3) is 21.2. The molecule has 1 aliphatic rings. The Balaban J connectivity index is 0.780. The molecule has 27 heteroatoms. The molecule has 3 N–H and O–H groups in total. The topological polar surface area (TPSA) is 254 Å². The van der Waals surface area contributed by atoms with Crippen LogP contribution in [0.2, 0.25) is 5.28 Å². The van der Waals surface area contributed by atoms with Gasteiger partial charge in [0.2, 0.25) is 5.28 Å². The largest absolute Gasteiger partial charge is 0.379 e. The van der Waals surface area contributed by atoms with Crippen molar-refractivity contribution in [2.24, 2.45) is 0 Å². The average molecular weight is 1080 g/mol. The van der Waals surface area contributed by atoms with Gasteiger partial charge in [-0.05, 0) is 60.2 Å². The Bertz CT molecular complexity index is 2400. The van der Waals surface area contributed by atoms with Crippen LogP contribution in [0.1, 0.15) is 41.5 Å². The minimum Gasteiger partial charge on any atom is -0.379 e. The summed E-state index contributed by atoms with van der Waals surface area (Å²) >= 11 is 6.52. The molecule has 0 radical (unpaired) electrons. The molecule has 1 aliphatic heterocycles. The number of anilines is 1. The summed E-state index contributed by atoms with van der Waals surface area (Å²) in [6.07, 6.45) is 4.26. The van der Waals surface area contributed by atoms with Crippen molar-refractivity contribution in [2.45, 2.75) is 51.3 Å². The van der Waals surface area contributed by atoms with Crippen LogP contribution in [0.5, 0.6) is 0 Å². The van der Waals surface area contributed by atoms with Crippen molar-refractivity contribution in [1.29, 1.82) is 5.26 Å². The first-order valence-electron chi connectivity index (χ1n) is 23.6. The van der Waals surface area contributed by atoms with E-state index in [2.05, 4.69) is 31.4 Å². The second kappa shape index (κ2) is 33.1. The number of hydrogen-bond acceptors (Lipinski definition) is 20. The summed E-state index contributed by atoms with van der Waals surface area (Å²) in [5.41, 5.74) is 3.07. The smallest absolute Gasteiger partial charge is 0.226 e. The summed E-state index contributed by atoms with van der Waals surface area (Å²) < 4.78 is 86.6. The molecule has 3 unspecified atom stereocenters. The second-order valence-electron chi connectivity index (χ2n) is 16.1. The van der Waals surface area contributed by atoms with E-state index in [1.807, 2.05) is 17.0 Å². The lowest BCUT2D eigenvalue weighted by atomic mass is 10.1. The van der Waals surface area contributed by atoms with Crippen molar-refractivity contribution in [1.82, 2.24) is 34.7 Å². The number of rotatable bonds is 38. The summed E-state index contributed by atoms with van der Waals surface area (Å²) in [7, 11) is -4.22. The predicted molar refractivity (Wildman–Crippen MR) is 262 cm³/mol. The highest BCUT2D eigenvalue weighted by molar-refractivity contribution is 7.63. The van der Waals surface area contributed by atoms with Crippen molar-refractivity contribution in [3.05, 3.63) is 94.2 Å². The molecule has 3 atom stereocenters. The first-order chi connectivity index (χ1) is 35.6. The Labute approximate surface area is 429 Å². The Hall–Kier alpha value is -4.09. The third-order valence-electron chi connectivity index (χ3n) is 10.7. The molecule has 73 heavy (non-hydrogen) atoms. The fourth-order valence-corrected chi connectivity index (χ4v) is 8.85. The van der Waals surface area contributed by atoms with Crippen molar-refractivity contribution >= 4 is 45.2 Å². The van der Waals surface area contributed by atoms with Gasteiger partial charge >= 0.3 is 0 Å². The third-order valence-corrected chi connectivity index (χ3v) is 13.3. The summed E-state index contributed by atoms with van der Waals surface area (Å²) in [6, 6.07) is 12.9. The first kappa shape index (κ1) is 58.2. The molecule has 4 heterocycles. The van der Waals surface area contributed by atoms with Crippen LogP contribution in [-0.4, -0.2) is 174 Å². The van der Waals surface area contributed by atoms with Crippen molar-refractivity contribution in [2.75, 3.05) is 123 Å². The van der Waals surface area contributed by atoms with E-state index in [0.717, 1.165) is 11.6 Å². The van der Waals surface area contributed by atoms with Crippen LogP contribution in [0, 0.1) is 23.0 Å². The molecule has 0 aliphatic carbocycles. The first-order valence-corrected chi connectivity index (χ1v) is 26.9. The maximum Gasteiger partial charge on any atom is 0.226 e. The summed E-state index contributed by atoms with van der Waals surface area (Å²) in [5, 5.41) is 22.8. The summed E-state index contributed by atoms with van der Waals surface area (Å²) in [5.74, 6) is -0.832. The second-order valence-corrected chi connectivity index (χ2v) is 19.3. The molecular weight excluding hydrogens is 1020 g/mol. The molecule has 1 saturated heterocycles. The van der Waals surface area contributed by atoms with Gasteiger partial charge in [-0.25, -0.2) is 18.1 Å². The van der Waals surface area contributed by atoms with E-state index in [-0.39, 0.29) is 23.9 Å². The zero-order valence-electron chi connectivity index (χ0n) is 40.3. The molecule has 0 saturated carbocycles. The van der Waals surface area contributed by atoms with Crippen molar-refractivity contribution in [3.63, 3.8) is 0 Å². The quantitative estimate of drug-likeness (QED) is 0.0265. The van der Waals surface area contributed by atoms with Gasteiger partial charge in [0.05, 0.1) is 160 Å². The number of hydrogen-bond donors (Lipinski definition) is 3. The lowest BCUT2D eigenvalue weighted by molar-refractivity contribution is -0.0213. The zero-order valence-corrected chi connectivity index (χ0v) is 42.8. The molecule has 0 amide bonds. The predicted octanol–water partition coefficient (Wildman–Crippen LogP) is 5.06. The van der Waals surface area contributed by atoms with E-state index in [9.17, 15) is 18.9 Å². The molecule has 0 spiro atoms. The number of ether oxygens (including phenoxy) is 9. The van der Waals surface area contributed by atoms with Crippen LogP contribution in [0.25, 0.3) is 11.0 Å². The number of fused-ring (bicyclic) bond motifs is 1. The zero-order chi connectivity index (χ0) is 51.5. The van der Waals surface area contributed by atoms with E-state index in [1.165, 1.54) is 12.1 Å². The fraction of sp³-hybridized carbons (Fsp3) is 0.565. The van der Waals surface area contributed by atoms with E-state index >= 15 is 0 Å². The molecule has 6 rings (SSSR count). The molecule has 22 nitrogen and oxygen atoms in total. The van der Waals surface area contributed by atoms with Gasteiger partial charge in [-0.15, -0.1) is 5.10 Å². The number of halogens is 3. The molecular formula is C46H62ClF2N9O13P2. The van der Waals surface area contributed by atoms with Crippen LogP contribution in [0.15, 0.2) is 54.9 Å².